The fraction of sp³-hybridized carbons (Fsp3) is 0.524. The van der Waals surface area contributed by atoms with Crippen molar-refractivity contribution in [2.24, 2.45) is 22.7 Å². The van der Waals surface area contributed by atoms with Gasteiger partial charge in [0.2, 0.25) is 5.78 Å². The zero-order valence-corrected chi connectivity index (χ0v) is 31.3. The van der Waals surface area contributed by atoms with Gasteiger partial charge in [-0.25, -0.2) is 0 Å². The molecule has 0 aliphatic heterocycles. The predicted molar refractivity (Wildman–Crippen MR) is 192 cm³/mol. The number of benzene rings is 2. The average Bonchev–Trinajstić information content (AvgIpc) is 2.96. The van der Waals surface area contributed by atoms with Crippen LogP contribution in [0.4, 0.5) is 0 Å². The maximum atomic E-state index is 14.7. The van der Waals surface area contributed by atoms with Crippen LogP contribution >= 0.6 is 0 Å². The summed E-state index contributed by atoms with van der Waals surface area (Å²) in [6.07, 6.45) is 0.225. The third-order valence-electron chi connectivity index (χ3n) is 11.6. The van der Waals surface area contributed by atoms with E-state index in [1.165, 1.54) is 0 Å². The first-order valence-electron chi connectivity index (χ1n) is 17.6. The van der Waals surface area contributed by atoms with Crippen molar-refractivity contribution in [1.29, 1.82) is 0 Å². The van der Waals surface area contributed by atoms with E-state index in [-0.39, 0.29) is 65.6 Å². The quantitative estimate of drug-likeness (QED) is 0.220. The normalized spacial score (nSPS) is 26.7. The summed E-state index contributed by atoms with van der Waals surface area (Å²) in [7, 11) is 0. The van der Waals surface area contributed by atoms with Gasteiger partial charge < -0.3 is 20.4 Å². The van der Waals surface area contributed by atoms with Crippen molar-refractivity contribution in [2.45, 2.75) is 119 Å². The Morgan fingerprint density at radius 2 is 1.56 bits per heavy atom. The number of fused-ring (bicyclic) bond motifs is 3. The summed E-state index contributed by atoms with van der Waals surface area (Å²) in [5.74, 6) is -5.75. The maximum absolute atomic E-state index is 14.7. The molecule has 2 aromatic carbocycles. The number of Topliss-reactive ketones (excluding diaryl/α,β-unsaturated/α-hetero) is 4. The molecule has 0 heterocycles. The first-order chi connectivity index (χ1) is 22.9. The monoisotopic (exact) mass is 684 g/mol. The van der Waals surface area contributed by atoms with Crippen LogP contribution in [0, 0.1) is 29.6 Å². The molecular weight excluding hydrogens is 632 g/mol. The number of hydrogen-bond acceptors (Lipinski definition) is 8. The van der Waals surface area contributed by atoms with Gasteiger partial charge >= 0.3 is 0 Å². The molecule has 0 amide bonds. The third-order valence-corrected chi connectivity index (χ3v) is 11.6. The van der Waals surface area contributed by atoms with Crippen molar-refractivity contribution < 1.29 is 39.6 Å². The van der Waals surface area contributed by atoms with Crippen LogP contribution in [0.1, 0.15) is 125 Å². The lowest BCUT2D eigenvalue weighted by Gasteiger charge is -2.59. The first-order valence-corrected chi connectivity index (χ1v) is 17.6. The second kappa shape index (κ2) is 12.0. The molecule has 0 bridgehead atoms. The molecule has 268 valence electrons. The van der Waals surface area contributed by atoms with Crippen LogP contribution in [0.15, 0.2) is 46.9 Å². The maximum Gasteiger partial charge on any atom is 0.209 e. The second-order valence-corrected chi connectivity index (χ2v) is 17.2. The lowest BCUT2D eigenvalue weighted by Crippen LogP contribution is -2.67. The molecule has 0 radical (unpaired) electrons. The Morgan fingerprint density at radius 1 is 0.960 bits per heavy atom. The Labute approximate surface area is 295 Å². The lowest BCUT2D eigenvalue weighted by molar-refractivity contribution is -0.171. The van der Waals surface area contributed by atoms with E-state index in [0.29, 0.717) is 11.1 Å². The van der Waals surface area contributed by atoms with Crippen molar-refractivity contribution in [1.82, 2.24) is 0 Å². The molecule has 8 heteroatoms. The zero-order valence-electron chi connectivity index (χ0n) is 31.3. The second-order valence-electron chi connectivity index (χ2n) is 17.2. The molecule has 1 unspecified atom stereocenters. The number of hydrogen-bond donors (Lipinski definition) is 4. The van der Waals surface area contributed by atoms with Crippen LogP contribution in [0.5, 0.6) is 5.75 Å². The van der Waals surface area contributed by atoms with Crippen molar-refractivity contribution in [3.05, 3.63) is 85.9 Å². The van der Waals surface area contributed by atoms with Crippen LogP contribution in [-0.4, -0.2) is 49.2 Å². The zero-order chi connectivity index (χ0) is 37.6. The number of rotatable bonds is 7. The number of phenolic OH excluding ortho intramolecular Hbond substituents is 1. The van der Waals surface area contributed by atoms with E-state index in [1.54, 1.807) is 33.8 Å². The van der Waals surface area contributed by atoms with Gasteiger partial charge in [0.25, 0.3) is 0 Å². The summed E-state index contributed by atoms with van der Waals surface area (Å²) in [6.45, 7) is 20.4. The first kappa shape index (κ1) is 37.2. The van der Waals surface area contributed by atoms with Gasteiger partial charge in [-0.15, -0.1) is 0 Å². The number of phenols is 1. The Balaban J connectivity index is 1.67. The highest BCUT2D eigenvalue weighted by atomic mass is 16.3. The molecule has 4 atom stereocenters. The molecule has 3 aliphatic rings. The smallest absolute Gasteiger partial charge is 0.209 e. The molecule has 0 saturated carbocycles. The predicted octanol–water partition coefficient (Wildman–Crippen LogP) is 7.43. The summed E-state index contributed by atoms with van der Waals surface area (Å²) in [6, 6.07) is 7.83. The van der Waals surface area contributed by atoms with Crippen molar-refractivity contribution in [2.75, 3.05) is 0 Å². The minimum absolute atomic E-state index is 0.0239. The average molecular weight is 685 g/mol. The van der Waals surface area contributed by atoms with Gasteiger partial charge in [0, 0.05) is 40.7 Å². The molecule has 0 saturated heterocycles. The van der Waals surface area contributed by atoms with E-state index in [9.17, 15) is 39.6 Å². The van der Waals surface area contributed by atoms with Gasteiger partial charge in [-0.1, -0.05) is 92.1 Å². The van der Waals surface area contributed by atoms with E-state index in [4.69, 9.17) is 0 Å². The van der Waals surface area contributed by atoms with Gasteiger partial charge in [0.05, 0.1) is 5.56 Å². The van der Waals surface area contributed by atoms with E-state index >= 15 is 0 Å². The highest BCUT2D eigenvalue weighted by molar-refractivity contribution is 6.25. The van der Waals surface area contributed by atoms with Crippen LogP contribution in [0.25, 0.3) is 0 Å². The molecule has 8 nitrogen and oxygen atoms in total. The molecule has 0 spiro atoms. The highest BCUT2D eigenvalue weighted by Gasteiger charge is 2.71. The van der Waals surface area contributed by atoms with Crippen LogP contribution < -0.4 is 0 Å². The molecule has 0 fully saturated rings. The minimum Gasteiger partial charge on any atom is -0.511 e. The fourth-order valence-electron chi connectivity index (χ4n) is 9.57. The number of ketones is 4. The lowest BCUT2D eigenvalue weighted by atomic mass is 9.44. The van der Waals surface area contributed by atoms with Crippen LogP contribution in [0.2, 0.25) is 0 Å². The molecule has 2 aromatic rings. The van der Waals surface area contributed by atoms with Crippen molar-refractivity contribution in [3.63, 3.8) is 0 Å². The van der Waals surface area contributed by atoms with Crippen molar-refractivity contribution >= 4 is 23.1 Å². The molecule has 0 aromatic heterocycles. The largest absolute Gasteiger partial charge is 0.511 e. The standard InChI is InChI=1S/C42H52O8/c1-20(2)27-17-25(16-26(44)15-24-13-12-22(5)14-29(24)39(7,8)9)34(45)31-28(27)18-40(10)19-41(11)32(21(3)4)35(46)30(23(6)43)37(48)42(41,50)38(49)33(40)36(31)47/h12-14,17,20-21,32,45-46,49-50H,15-16,18-19H2,1-11H3/t32?,40-,41-,42+/m1/s1. The van der Waals surface area contributed by atoms with Crippen molar-refractivity contribution in [3.8, 4) is 5.75 Å². The Hall–Kier alpha value is -4.04. The van der Waals surface area contributed by atoms with E-state index in [1.807, 2.05) is 32.9 Å². The number of aliphatic hydroxyl groups is 3. The summed E-state index contributed by atoms with van der Waals surface area (Å²) >= 11 is 0. The van der Waals surface area contributed by atoms with Gasteiger partial charge in [-0.2, -0.15) is 0 Å². The third kappa shape index (κ3) is 5.37. The number of allylic oxidation sites excluding steroid dienone is 2. The summed E-state index contributed by atoms with van der Waals surface area (Å²) in [5.41, 5.74) is -1.59. The van der Waals surface area contributed by atoms with Gasteiger partial charge in [0.1, 0.15) is 28.6 Å². The molecule has 5 rings (SSSR count). The number of aromatic hydroxyl groups is 1. The van der Waals surface area contributed by atoms with Gasteiger partial charge in [-0.05, 0) is 66.2 Å². The van der Waals surface area contributed by atoms with Crippen LogP contribution in [0.3, 0.4) is 0 Å². The van der Waals surface area contributed by atoms with E-state index < -0.39 is 56.8 Å². The minimum atomic E-state index is -2.68. The SMILES string of the molecule is CC(=O)C1=C(O)C(C(C)C)[C@@]2(C)C[C@@]3(C)Cc4c(C(C)C)cc(CC(=O)Cc5ccc(C)cc5C(C)(C)C)c(O)c4C(=O)C3=C(O)[C@@]2(O)C1=O. The number of aliphatic hydroxyl groups excluding tert-OH is 2. The number of carbonyl (C=O) groups excluding carboxylic acids is 4. The topological polar surface area (TPSA) is 149 Å². The highest BCUT2D eigenvalue weighted by Crippen LogP contribution is 2.65. The van der Waals surface area contributed by atoms with Gasteiger partial charge in [0.15, 0.2) is 17.2 Å². The number of carbonyl (C=O) groups is 4. The Bertz CT molecular complexity index is 1920. The summed E-state index contributed by atoms with van der Waals surface area (Å²) in [5, 5.41) is 47.5. The molecule has 3 aliphatic carbocycles. The molecular formula is C42H52O8. The van der Waals surface area contributed by atoms with E-state index in [2.05, 4.69) is 26.8 Å². The number of aryl methyl sites for hydroxylation is 1. The Morgan fingerprint density at radius 3 is 2.10 bits per heavy atom. The van der Waals surface area contributed by atoms with Gasteiger partial charge in [-0.3, -0.25) is 19.2 Å². The van der Waals surface area contributed by atoms with E-state index in [0.717, 1.165) is 29.2 Å². The van der Waals surface area contributed by atoms with Crippen LogP contribution in [-0.2, 0) is 39.1 Å². The molecule has 50 heavy (non-hydrogen) atoms. The fourth-order valence-corrected chi connectivity index (χ4v) is 9.57. The summed E-state index contributed by atoms with van der Waals surface area (Å²) < 4.78 is 0. The summed E-state index contributed by atoms with van der Waals surface area (Å²) in [4.78, 5) is 55.0. The molecule has 4 N–H and O–H groups in total. The Kier molecular flexibility index (Phi) is 8.96.